The molecule has 160 valence electrons. The molecule has 4 nitrogen and oxygen atoms in total. The van der Waals surface area contributed by atoms with Crippen LogP contribution in [-0.4, -0.2) is 24.6 Å². The number of amides is 1. The molecule has 2 aromatic carbocycles. The number of hydrogen-bond donors (Lipinski definition) is 2. The highest BCUT2D eigenvalue weighted by molar-refractivity contribution is 5.88. The van der Waals surface area contributed by atoms with Gasteiger partial charge in [0.05, 0.1) is 0 Å². The first-order chi connectivity index (χ1) is 13.9. The Labute approximate surface area is 176 Å². The van der Waals surface area contributed by atoms with Crippen LogP contribution in [-0.2, 0) is 11.3 Å². The number of unbranched alkanes of at least 4 members (excludes halogenated alkanes) is 5. The van der Waals surface area contributed by atoms with Crippen molar-refractivity contribution in [2.75, 3.05) is 13.2 Å². The van der Waals surface area contributed by atoms with Gasteiger partial charge < -0.3 is 15.4 Å². The molecule has 0 saturated carbocycles. The van der Waals surface area contributed by atoms with E-state index in [4.69, 9.17) is 4.74 Å². The van der Waals surface area contributed by atoms with Crippen LogP contribution in [0.1, 0.15) is 71.8 Å². The van der Waals surface area contributed by atoms with Crippen LogP contribution in [0.5, 0.6) is 5.75 Å². The lowest BCUT2D eigenvalue weighted by atomic mass is 10.0. The largest absolute Gasteiger partial charge is 0.483 e. The van der Waals surface area contributed by atoms with E-state index < -0.39 is 0 Å². The van der Waals surface area contributed by atoms with E-state index in [-0.39, 0.29) is 18.1 Å². The highest BCUT2D eigenvalue weighted by atomic mass is 16.5. The molecule has 0 aliphatic heterocycles. The van der Waals surface area contributed by atoms with Gasteiger partial charge in [0.1, 0.15) is 5.75 Å². The summed E-state index contributed by atoms with van der Waals surface area (Å²) in [5.74, 6) is 0.680. The van der Waals surface area contributed by atoms with Crippen LogP contribution in [0.15, 0.2) is 36.4 Å². The fraction of sp³-hybridized carbons (Fsp3) is 0.560. The average molecular weight is 399 g/mol. The molecule has 0 saturated heterocycles. The second-order valence-corrected chi connectivity index (χ2v) is 8.79. The molecule has 0 aliphatic carbocycles. The number of carbonyl (C=O) groups is 1. The molecule has 0 atom stereocenters. The van der Waals surface area contributed by atoms with Crippen LogP contribution < -0.4 is 15.4 Å². The summed E-state index contributed by atoms with van der Waals surface area (Å²) in [7, 11) is 0. The number of nitrogens with one attached hydrogen (secondary N) is 2. The maximum Gasteiger partial charge on any atom is 0.258 e. The van der Waals surface area contributed by atoms with Gasteiger partial charge in [-0.05, 0) is 50.6 Å². The summed E-state index contributed by atoms with van der Waals surface area (Å²) in [6.45, 7) is 9.93. The fourth-order valence-corrected chi connectivity index (χ4v) is 3.47. The molecule has 2 aromatic rings. The number of ether oxygens (including phenoxy) is 1. The summed E-state index contributed by atoms with van der Waals surface area (Å²) >= 11 is 0. The monoisotopic (exact) mass is 398 g/mol. The maximum absolute atomic E-state index is 12.2. The van der Waals surface area contributed by atoms with Crippen molar-refractivity contribution in [2.45, 2.75) is 78.3 Å². The van der Waals surface area contributed by atoms with Crippen molar-refractivity contribution >= 4 is 16.7 Å². The van der Waals surface area contributed by atoms with Crippen LogP contribution in [0.3, 0.4) is 0 Å². The van der Waals surface area contributed by atoms with E-state index in [1.54, 1.807) is 0 Å². The molecule has 0 fully saturated rings. The molecule has 0 radical (unpaired) electrons. The average Bonchev–Trinajstić information content (AvgIpc) is 2.67. The lowest BCUT2D eigenvalue weighted by Gasteiger charge is -2.21. The van der Waals surface area contributed by atoms with Gasteiger partial charge in [-0.1, -0.05) is 69.4 Å². The highest BCUT2D eigenvalue weighted by Crippen LogP contribution is 2.28. The van der Waals surface area contributed by atoms with Gasteiger partial charge in [-0.25, -0.2) is 0 Å². The second kappa shape index (κ2) is 11.8. The molecule has 0 aliphatic rings. The maximum atomic E-state index is 12.2. The minimum absolute atomic E-state index is 0.0278. The molecule has 0 spiro atoms. The first-order valence-electron chi connectivity index (χ1n) is 11.1. The van der Waals surface area contributed by atoms with E-state index in [0.717, 1.165) is 24.4 Å². The van der Waals surface area contributed by atoms with Crippen molar-refractivity contribution in [1.82, 2.24) is 10.6 Å². The normalized spacial score (nSPS) is 11.6. The minimum Gasteiger partial charge on any atom is -0.483 e. The summed E-state index contributed by atoms with van der Waals surface area (Å²) in [5, 5.41) is 8.89. The first-order valence-corrected chi connectivity index (χ1v) is 11.1. The Morgan fingerprint density at radius 1 is 0.966 bits per heavy atom. The van der Waals surface area contributed by atoms with Gasteiger partial charge in [-0.2, -0.15) is 0 Å². The number of fused-ring (bicyclic) bond motifs is 1. The van der Waals surface area contributed by atoms with E-state index in [1.807, 2.05) is 32.9 Å². The van der Waals surface area contributed by atoms with E-state index in [0.29, 0.717) is 0 Å². The van der Waals surface area contributed by atoms with Gasteiger partial charge in [0, 0.05) is 17.6 Å². The zero-order valence-electron chi connectivity index (χ0n) is 18.6. The number of benzene rings is 2. The summed E-state index contributed by atoms with van der Waals surface area (Å²) in [6.07, 6.45) is 7.76. The summed E-state index contributed by atoms with van der Waals surface area (Å²) in [4.78, 5) is 12.2. The summed E-state index contributed by atoms with van der Waals surface area (Å²) in [5.41, 5.74) is 0.864. The van der Waals surface area contributed by atoms with Gasteiger partial charge in [-0.3, -0.25) is 4.79 Å². The van der Waals surface area contributed by atoms with Crippen molar-refractivity contribution in [1.29, 1.82) is 0 Å². The van der Waals surface area contributed by atoms with Gasteiger partial charge in [0.25, 0.3) is 5.91 Å². The van der Waals surface area contributed by atoms with Gasteiger partial charge in [0.15, 0.2) is 6.61 Å². The Balaban J connectivity index is 1.97. The van der Waals surface area contributed by atoms with Crippen LogP contribution in [0.4, 0.5) is 0 Å². The Hall–Kier alpha value is -2.07. The molecule has 0 heterocycles. The van der Waals surface area contributed by atoms with E-state index >= 15 is 0 Å². The number of rotatable bonds is 12. The molecule has 29 heavy (non-hydrogen) atoms. The fourth-order valence-electron chi connectivity index (χ4n) is 3.47. The highest BCUT2D eigenvalue weighted by Gasteiger charge is 2.15. The number of carbonyl (C=O) groups excluding carboxylic acids is 1. The van der Waals surface area contributed by atoms with Crippen molar-refractivity contribution < 1.29 is 9.53 Å². The molecular weight excluding hydrogens is 360 g/mol. The topological polar surface area (TPSA) is 50.4 Å². The van der Waals surface area contributed by atoms with Crippen molar-refractivity contribution in [2.24, 2.45) is 0 Å². The van der Waals surface area contributed by atoms with E-state index in [1.165, 1.54) is 49.3 Å². The van der Waals surface area contributed by atoms with Gasteiger partial charge in [-0.15, -0.1) is 0 Å². The molecule has 4 heteroatoms. The molecular formula is C25H38N2O2. The Bertz CT molecular complexity index is 765. The summed E-state index contributed by atoms with van der Waals surface area (Å²) < 4.78 is 5.92. The van der Waals surface area contributed by atoms with E-state index in [2.05, 4.69) is 41.8 Å². The third-order valence-electron chi connectivity index (χ3n) is 4.88. The molecule has 2 N–H and O–H groups in total. The zero-order valence-corrected chi connectivity index (χ0v) is 18.6. The molecule has 0 unspecified atom stereocenters. The molecule has 0 aromatic heterocycles. The van der Waals surface area contributed by atoms with Crippen molar-refractivity contribution in [3.63, 3.8) is 0 Å². The second-order valence-electron chi connectivity index (χ2n) is 8.79. The Morgan fingerprint density at radius 2 is 1.69 bits per heavy atom. The molecule has 2 rings (SSSR count). The Kier molecular flexibility index (Phi) is 9.46. The van der Waals surface area contributed by atoms with Crippen LogP contribution in [0.2, 0.25) is 0 Å². The first kappa shape index (κ1) is 23.2. The molecule has 0 bridgehead atoms. The van der Waals surface area contributed by atoms with Crippen LogP contribution >= 0.6 is 0 Å². The summed E-state index contributed by atoms with van der Waals surface area (Å²) in [6, 6.07) is 12.4. The third-order valence-corrected chi connectivity index (χ3v) is 4.88. The molecule has 1 amide bonds. The predicted molar refractivity (Wildman–Crippen MR) is 122 cm³/mol. The zero-order chi connectivity index (χ0) is 21.1. The standard InChI is InChI=1S/C25H38N2O2/c1-5-6-7-8-9-12-17-26-18-22-21-14-11-10-13-20(21)15-16-23(22)29-19-24(28)27-25(2,3)4/h10-11,13-16,26H,5-9,12,17-19H2,1-4H3,(H,27,28). The minimum atomic E-state index is -0.259. The smallest absolute Gasteiger partial charge is 0.258 e. The van der Waals surface area contributed by atoms with Crippen LogP contribution in [0.25, 0.3) is 10.8 Å². The Morgan fingerprint density at radius 3 is 2.45 bits per heavy atom. The lowest BCUT2D eigenvalue weighted by Crippen LogP contribution is -2.43. The van der Waals surface area contributed by atoms with Crippen molar-refractivity contribution in [3.8, 4) is 5.75 Å². The van der Waals surface area contributed by atoms with E-state index in [9.17, 15) is 4.79 Å². The lowest BCUT2D eigenvalue weighted by molar-refractivity contribution is -0.124. The number of hydrogen-bond acceptors (Lipinski definition) is 3. The van der Waals surface area contributed by atoms with Crippen LogP contribution in [0, 0.1) is 0 Å². The van der Waals surface area contributed by atoms with Gasteiger partial charge in [0.2, 0.25) is 0 Å². The third kappa shape index (κ3) is 8.45. The SMILES string of the molecule is CCCCCCCCNCc1c(OCC(=O)NC(C)(C)C)ccc2ccccc12. The van der Waals surface area contributed by atoms with Gasteiger partial charge >= 0.3 is 0 Å². The van der Waals surface area contributed by atoms with Crippen molar-refractivity contribution in [3.05, 3.63) is 42.0 Å². The quantitative estimate of drug-likeness (QED) is 0.459. The predicted octanol–water partition coefficient (Wildman–Crippen LogP) is 5.58.